The van der Waals surface area contributed by atoms with Gasteiger partial charge in [0.15, 0.2) is 5.82 Å². The first-order valence-corrected chi connectivity index (χ1v) is 8.05. The summed E-state index contributed by atoms with van der Waals surface area (Å²) in [5, 5.41) is 17.9. The summed E-state index contributed by atoms with van der Waals surface area (Å²) in [5.74, 6) is -0.105. The monoisotopic (exact) mass is 368 g/mol. The minimum Gasteiger partial charge on any atom is -0.462 e. The maximum Gasteiger partial charge on any atom is 0.343 e. The van der Waals surface area contributed by atoms with Crippen LogP contribution in [0.2, 0.25) is 0 Å². The van der Waals surface area contributed by atoms with Crippen molar-refractivity contribution in [1.82, 2.24) is 19.7 Å². The van der Waals surface area contributed by atoms with Crippen LogP contribution in [0.25, 0.3) is 5.95 Å². The number of non-ortho nitro benzene ring substituents is 1. The van der Waals surface area contributed by atoms with Crippen molar-refractivity contribution in [2.45, 2.75) is 13.8 Å². The molecule has 0 aliphatic heterocycles. The number of benzene rings is 1. The fourth-order valence-corrected chi connectivity index (χ4v) is 2.26. The summed E-state index contributed by atoms with van der Waals surface area (Å²) in [6, 6.07) is 5.75. The smallest absolute Gasteiger partial charge is 0.343 e. The molecule has 10 nitrogen and oxygen atoms in total. The Morgan fingerprint density at radius 2 is 2.04 bits per heavy atom. The number of ether oxygens (including phenoxy) is 1. The van der Waals surface area contributed by atoms with Gasteiger partial charge in [-0.25, -0.2) is 14.5 Å². The predicted octanol–water partition coefficient (Wildman–Crippen LogP) is 2.80. The van der Waals surface area contributed by atoms with Crippen LogP contribution < -0.4 is 5.32 Å². The van der Waals surface area contributed by atoms with Crippen molar-refractivity contribution in [3.8, 4) is 5.95 Å². The number of nitro benzene ring substituents is 1. The Bertz CT molecular complexity index is 983. The first-order chi connectivity index (χ1) is 13.0. The van der Waals surface area contributed by atoms with E-state index in [1.807, 2.05) is 6.92 Å². The third-order valence-electron chi connectivity index (χ3n) is 3.53. The molecule has 0 aliphatic rings. The van der Waals surface area contributed by atoms with E-state index in [-0.39, 0.29) is 29.6 Å². The van der Waals surface area contributed by atoms with Crippen LogP contribution in [-0.2, 0) is 4.74 Å². The van der Waals surface area contributed by atoms with Crippen LogP contribution in [0.3, 0.4) is 0 Å². The maximum absolute atomic E-state index is 12.2. The highest BCUT2D eigenvalue weighted by molar-refractivity contribution is 5.95. The third kappa shape index (κ3) is 4.06. The van der Waals surface area contributed by atoms with Gasteiger partial charge in [0, 0.05) is 30.2 Å². The first kappa shape index (κ1) is 18.0. The Hall–Kier alpha value is -3.82. The number of anilines is 2. The molecular formula is C17H16N6O4. The number of rotatable bonds is 6. The average Bonchev–Trinajstić information content (AvgIpc) is 3.09. The lowest BCUT2D eigenvalue weighted by Gasteiger charge is -2.11. The molecule has 0 aliphatic carbocycles. The third-order valence-corrected chi connectivity index (χ3v) is 3.53. The lowest BCUT2D eigenvalue weighted by molar-refractivity contribution is -0.384. The summed E-state index contributed by atoms with van der Waals surface area (Å²) in [6.07, 6.45) is 4.76. The van der Waals surface area contributed by atoms with Gasteiger partial charge >= 0.3 is 5.97 Å². The van der Waals surface area contributed by atoms with Crippen molar-refractivity contribution in [2.75, 3.05) is 11.9 Å². The van der Waals surface area contributed by atoms with E-state index < -0.39 is 10.9 Å². The second-order valence-electron chi connectivity index (χ2n) is 5.54. The van der Waals surface area contributed by atoms with Crippen LogP contribution in [-0.4, -0.2) is 37.2 Å². The van der Waals surface area contributed by atoms with Crippen molar-refractivity contribution in [1.29, 1.82) is 0 Å². The largest absolute Gasteiger partial charge is 0.462 e. The normalized spacial score (nSPS) is 10.4. The van der Waals surface area contributed by atoms with Gasteiger partial charge in [0.05, 0.1) is 17.7 Å². The second-order valence-corrected chi connectivity index (χ2v) is 5.54. The van der Waals surface area contributed by atoms with Gasteiger partial charge in [0.2, 0.25) is 0 Å². The van der Waals surface area contributed by atoms with Crippen LogP contribution in [0, 0.1) is 17.0 Å². The lowest BCUT2D eigenvalue weighted by atomic mass is 10.2. The second kappa shape index (κ2) is 7.60. The number of hydrogen-bond acceptors (Lipinski definition) is 8. The zero-order valence-electron chi connectivity index (χ0n) is 14.6. The van der Waals surface area contributed by atoms with Crippen molar-refractivity contribution >= 4 is 23.2 Å². The summed E-state index contributed by atoms with van der Waals surface area (Å²) < 4.78 is 6.51. The molecule has 2 heterocycles. The van der Waals surface area contributed by atoms with E-state index in [4.69, 9.17) is 4.74 Å². The Labute approximate surface area is 154 Å². The molecule has 0 fully saturated rings. The van der Waals surface area contributed by atoms with Crippen LogP contribution >= 0.6 is 0 Å². The van der Waals surface area contributed by atoms with E-state index in [1.165, 1.54) is 35.1 Å². The van der Waals surface area contributed by atoms with Gasteiger partial charge in [-0.05, 0) is 31.5 Å². The molecule has 27 heavy (non-hydrogen) atoms. The molecule has 0 spiro atoms. The number of carbonyl (C=O) groups excluding carboxylic acids is 1. The zero-order chi connectivity index (χ0) is 19.4. The zero-order valence-corrected chi connectivity index (χ0v) is 14.6. The molecule has 3 aromatic rings. The predicted molar refractivity (Wildman–Crippen MR) is 96.2 cm³/mol. The summed E-state index contributed by atoms with van der Waals surface area (Å²) in [5.41, 5.74) is 1.55. The highest BCUT2D eigenvalue weighted by atomic mass is 16.6. The number of nitro groups is 1. The molecule has 0 saturated carbocycles. The number of esters is 1. The first-order valence-electron chi connectivity index (χ1n) is 8.05. The van der Waals surface area contributed by atoms with Gasteiger partial charge < -0.3 is 10.1 Å². The fourth-order valence-electron chi connectivity index (χ4n) is 2.26. The highest BCUT2D eigenvalue weighted by Crippen LogP contribution is 2.22. The number of carbonyl (C=O) groups is 1. The molecule has 0 radical (unpaired) electrons. The van der Waals surface area contributed by atoms with Gasteiger partial charge in [-0.3, -0.25) is 10.1 Å². The molecule has 3 rings (SSSR count). The van der Waals surface area contributed by atoms with Crippen LogP contribution in [0.15, 0.2) is 42.9 Å². The number of hydrogen-bond donors (Lipinski definition) is 1. The Morgan fingerprint density at radius 3 is 2.63 bits per heavy atom. The fraction of sp³-hybridized carbons (Fsp3) is 0.176. The molecule has 0 amide bonds. The van der Waals surface area contributed by atoms with Gasteiger partial charge in [0.25, 0.3) is 11.6 Å². The van der Waals surface area contributed by atoms with E-state index in [1.54, 1.807) is 19.3 Å². The SMILES string of the molecule is CCOC(=O)c1cnc(-n2cc(C)cn2)nc1Nc1ccc([N+](=O)[O-])cc1. The molecule has 0 bridgehead atoms. The molecule has 1 N–H and O–H groups in total. The Morgan fingerprint density at radius 1 is 1.30 bits per heavy atom. The standard InChI is InChI=1S/C17H16N6O4/c1-3-27-16(24)14-9-18-17(22-10-11(2)8-19-22)21-15(14)20-12-4-6-13(7-5-12)23(25)26/h4-10H,3H2,1-2H3,(H,18,20,21). The van der Waals surface area contributed by atoms with Crippen molar-refractivity contribution in [3.05, 3.63) is 64.1 Å². The molecule has 2 aromatic heterocycles. The molecule has 0 unspecified atom stereocenters. The number of aromatic nitrogens is 4. The number of nitrogens with zero attached hydrogens (tertiary/aromatic N) is 5. The molecular weight excluding hydrogens is 352 g/mol. The van der Waals surface area contributed by atoms with Gasteiger partial charge in [-0.15, -0.1) is 0 Å². The molecule has 0 atom stereocenters. The quantitative estimate of drug-likeness (QED) is 0.400. The summed E-state index contributed by atoms with van der Waals surface area (Å²) in [7, 11) is 0. The molecule has 10 heteroatoms. The Balaban J connectivity index is 1.98. The molecule has 0 saturated heterocycles. The minimum absolute atomic E-state index is 0.0402. The molecule has 1 aromatic carbocycles. The average molecular weight is 368 g/mol. The van der Waals surface area contributed by atoms with Crippen LogP contribution in [0.4, 0.5) is 17.2 Å². The van der Waals surface area contributed by atoms with Crippen molar-refractivity contribution in [3.63, 3.8) is 0 Å². The summed E-state index contributed by atoms with van der Waals surface area (Å²) >= 11 is 0. The van der Waals surface area contributed by atoms with Crippen molar-refractivity contribution < 1.29 is 14.5 Å². The van der Waals surface area contributed by atoms with E-state index in [0.717, 1.165) is 5.56 Å². The maximum atomic E-state index is 12.2. The van der Waals surface area contributed by atoms with Crippen molar-refractivity contribution in [2.24, 2.45) is 0 Å². The van der Waals surface area contributed by atoms with Gasteiger partial charge in [0.1, 0.15) is 5.56 Å². The summed E-state index contributed by atoms with van der Waals surface area (Å²) in [6.45, 7) is 3.78. The highest BCUT2D eigenvalue weighted by Gasteiger charge is 2.17. The number of aryl methyl sites for hydroxylation is 1. The van der Waals surface area contributed by atoms with E-state index in [9.17, 15) is 14.9 Å². The topological polar surface area (TPSA) is 125 Å². The van der Waals surface area contributed by atoms with Gasteiger partial charge in [-0.2, -0.15) is 10.1 Å². The minimum atomic E-state index is -0.579. The summed E-state index contributed by atoms with van der Waals surface area (Å²) in [4.78, 5) is 31.0. The lowest BCUT2D eigenvalue weighted by Crippen LogP contribution is -2.13. The van der Waals surface area contributed by atoms with E-state index >= 15 is 0 Å². The van der Waals surface area contributed by atoms with E-state index in [2.05, 4.69) is 20.4 Å². The molecule has 138 valence electrons. The van der Waals surface area contributed by atoms with Crippen LogP contribution in [0.5, 0.6) is 0 Å². The van der Waals surface area contributed by atoms with E-state index in [0.29, 0.717) is 5.69 Å². The Kier molecular flexibility index (Phi) is 5.06. The van der Waals surface area contributed by atoms with Gasteiger partial charge in [-0.1, -0.05) is 0 Å². The number of nitrogens with one attached hydrogen (secondary N) is 1. The van der Waals surface area contributed by atoms with Crippen LogP contribution in [0.1, 0.15) is 22.8 Å².